The van der Waals surface area contributed by atoms with Gasteiger partial charge in [-0.15, -0.1) is 0 Å². The van der Waals surface area contributed by atoms with Gasteiger partial charge >= 0.3 is 0 Å². The van der Waals surface area contributed by atoms with Gasteiger partial charge in [0, 0.05) is 18.1 Å². The molecule has 0 spiro atoms. The Morgan fingerprint density at radius 1 is 1.50 bits per heavy atom. The summed E-state index contributed by atoms with van der Waals surface area (Å²) in [6, 6.07) is 3.76. The van der Waals surface area contributed by atoms with Crippen LogP contribution in [0.2, 0.25) is 0 Å². The lowest BCUT2D eigenvalue weighted by Gasteiger charge is -1.96. The summed E-state index contributed by atoms with van der Waals surface area (Å²) in [6.07, 6.45) is 3.26. The standard InChI is InChI=1S/C9H8N2O/c1-6-4-7-2-3-10-5-8(7)9(12)11-6/h2-5H,1H3,(H,11,12). The van der Waals surface area contributed by atoms with Gasteiger partial charge in [0.05, 0.1) is 5.39 Å². The third-order valence-electron chi connectivity index (χ3n) is 1.78. The summed E-state index contributed by atoms with van der Waals surface area (Å²) >= 11 is 0. The number of rotatable bonds is 0. The van der Waals surface area contributed by atoms with Crippen molar-refractivity contribution in [1.29, 1.82) is 0 Å². The lowest BCUT2D eigenvalue weighted by molar-refractivity contribution is 1.16. The largest absolute Gasteiger partial charge is 0.326 e. The molecule has 2 rings (SSSR count). The fourth-order valence-corrected chi connectivity index (χ4v) is 1.24. The molecular weight excluding hydrogens is 152 g/mol. The molecule has 0 radical (unpaired) electrons. The molecule has 0 aliphatic carbocycles. The van der Waals surface area contributed by atoms with Crippen LogP contribution in [0, 0.1) is 6.92 Å². The Morgan fingerprint density at radius 2 is 2.33 bits per heavy atom. The molecule has 2 aromatic rings. The first-order valence-electron chi connectivity index (χ1n) is 3.71. The first-order valence-corrected chi connectivity index (χ1v) is 3.71. The van der Waals surface area contributed by atoms with Crippen LogP contribution in [0.25, 0.3) is 10.8 Å². The predicted molar refractivity (Wildman–Crippen MR) is 47.1 cm³/mol. The van der Waals surface area contributed by atoms with Gasteiger partial charge in [-0.1, -0.05) is 0 Å². The van der Waals surface area contributed by atoms with E-state index >= 15 is 0 Å². The van der Waals surface area contributed by atoms with E-state index in [1.165, 1.54) is 0 Å². The average Bonchev–Trinajstić information content (AvgIpc) is 2.04. The molecule has 2 aromatic heterocycles. The monoisotopic (exact) mass is 160 g/mol. The number of fused-ring (bicyclic) bond motifs is 1. The van der Waals surface area contributed by atoms with Gasteiger partial charge in [0.1, 0.15) is 0 Å². The molecule has 0 aliphatic heterocycles. The van der Waals surface area contributed by atoms with Crippen molar-refractivity contribution in [3.05, 3.63) is 40.6 Å². The summed E-state index contributed by atoms with van der Waals surface area (Å²) in [5.74, 6) is 0. The highest BCUT2D eigenvalue weighted by Crippen LogP contribution is 2.06. The second kappa shape index (κ2) is 2.44. The summed E-state index contributed by atoms with van der Waals surface area (Å²) in [7, 11) is 0. The van der Waals surface area contributed by atoms with Crippen LogP contribution in [-0.2, 0) is 0 Å². The third-order valence-corrected chi connectivity index (χ3v) is 1.78. The van der Waals surface area contributed by atoms with Crippen molar-refractivity contribution >= 4 is 10.8 Å². The first kappa shape index (κ1) is 7.03. The second-order valence-corrected chi connectivity index (χ2v) is 2.74. The van der Waals surface area contributed by atoms with E-state index in [2.05, 4.69) is 9.97 Å². The maximum Gasteiger partial charge on any atom is 0.257 e. The van der Waals surface area contributed by atoms with Crippen LogP contribution >= 0.6 is 0 Å². The van der Waals surface area contributed by atoms with Crippen LogP contribution in [0.15, 0.2) is 29.3 Å². The SMILES string of the molecule is Cc1cc2ccncc2c(=O)[nH]1. The topological polar surface area (TPSA) is 45.8 Å². The Balaban J connectivity index is 2.99. The molecule has 0 fully saturated rings. The number of hydrogen-bond acceptors (Lipinski definition) is 2. The van der Waals surface area contributed by atoms with Gasteiger partial charge in [-0.2, -0.15) is 0 Å². The van der Waals surface area contributed by atoms with Gasteiger partial charge in [-0.05, 0) is 24.4 Å². The summed E-state index contributed by atoms with van der Waals surface area (Å²) in [5.41, 5.74) is 0.803. The van der Waals surface area contributed by atoms with E-state index in [1.807, 2.05) is 19.1 Å². The van der Waals surface area contributed by atoms with Crippen LogP contribution in [-0.4, -0.2) is 9.97 Å². The van der Waals surface area contributed by atoms with E-state index in [0.29, 0.717) is 5.39 Å². The van der Waals surface area contributed by atoms with E-state index in [0.717, 1.165) is 11.1 Å². The summed E-state index contributed by atoms with van der Waals surface area (Å²) in [6.45, 7) is 1.86. The molecule has 0 saturated carbocycles. The van der Waals surface area contributed by atoms with Crippen molar-refractivity contribution in [3.8, 4) is 0 Å². The number of hydrogen-bond donors (Lipinski definition) is 1. The number of nitrogens with one attached hydrogen (secondary N) is 1. The van der Waals surface area contributed by atoms with Gasteiger partial charge in [-0.25, -0.2) is 0 Å². The molecule has 3 heteroatoms. The number of aromatic nitrogens is 2. The Hall–Kier alpha value is -1.64. The molecule has 0 saturated heterocycles. The minimum Gasteiger partial charge on any atom is -0.326 e. The molecule has 60 valence electrons. The van der Waals surface area contributed by atoms with Crippen LogP contribution < -0.4 is 5.56 Å². The zero-order chi connectivity index (χ0) is 8.55. The van der Waals surface area contributed by atoms with Gasteiger partial charge in [-0.3, -0.25) is 9.78 Å². The van der Waals surface area contributed by atoms with E-state index in [4.69, 9.17) is 0 Å². The lowest BCUT2D eigenvalue weighted by Crippen LogP contribution is -2.07. The first-order chi connectivity index (χ1) is 5.77. The van der Waals surface area contributed by atoms with E-state index in [-0.39, 0.29) is 5.56 Å². The van der Waals surface area contributed by atoms with Gasteiger partial charge in [0.15, 0.2) is 0 Å². The van der Waals surface area contributed by atoms with Gasteiger partial charge in [0.25, 0.3) is 5.56 Å². The van der Waals surface area contributed by atoms with Crippen molar-refractivity contribution in [3.63, 3.8) is 0 Å². The van der Waals surface area contributed by atoms with E-state index < -0.39 is 0 Å². The molecule has 0 bridgehead atoms. The van der Waals surface area contributed by atoms with Crippen molar-refractivity contribution in [2.75, 3.05) is 0 Å². The Kier molecular flexibility index (Phi) is 1.43. The summed E-state index contributed by atoms with van der Waals surface area (Å²) < 4.78 is 0. The Labute approximate surface area is 69.1 Å². The fourth-order valence-electron chi connectivity index (χ4n) is 1.24. The van der Waals surface area contributed by atoms with Crippen molar-refractivity contribution < 1.29 is 0 Å². The van der Waals surface area contributed by atoms with Gasteiger partial charge < -0.3 is 4.98 Å². The lowest BCUT2D eigenvalue weighted by atomic mass is 10.2. The highest BCUT2D eigenvalue weighted by molar-refractivity contribution is 5.80. The maximum atomic E-state index is 11.3. The Morgan fingerprint density at radius 3 is 3.17 bits per heavy atom. The van der Waals surface area contributed by atoms with Gasteiger partial charge in [0.2, 0.25) is 0 Å². The molecular formula is C9H8N2O. The highest BCUT2D eigenvalue weighted by Gasteiger charge is 1.97. The van der Waals surface area contributed by atoms with Crippen LogP contribution in [0.5, 0.6) is 0 Å². The second-order valence-electron chi connectivity index (χ2n) is 2.74. The number of aromatic amines is 1. The molecule has 2 heterocycles. The summed E-state index contributed by atoms with van der Waals surface area (Å²) in [5, 5.41) is 1.58. The van der Waals surface area contributed by atoms with E-state index in [9.17, 15) is 4.79 Å². The molecule has 1 N–H and O–H groups in total. The number of H-pyrrole nitrogens is 1. The molecule has 0 unspecified atom stereocenters. The maximum absolute atomic E-state index is 11.3. The molecule has 12 heavy (non-hydrogen) atoms. The number of aryl methyl sites for hydroxylation is 1. The number of pyridine rings is 2. The van der Waals surface area contributed by atoms with Crippen molar-refractivity contribution in [2.45, 2.75) is 6.92 Å². The minimum atomic E-state index is -0.0712. The number of nitrogens with zero attached hydrogens (tertiary/aromatic N) is 1. The van der Waals surface area contributed by atoms with E-state index in [1.54, 1.807) is 12.4 Å². The highest BCUT2D eigenvalue weighted by atomic mass is 16.1. The minimum absolute atomic E-state index is 0.0712. The smallest absolute Gasteiger partial charge is 0.257 e. The molecule has 0 amide bonds. The molecule has 0 atom stereocenters. The average molecular weight is 160 g/mol. The summed E-state index contributed by atoms with van der Waals surface area (Å²) in [4.78, 5) is 17.9. The molecule has 0 aliphatic rings. The molecule has 0 aromatic carbocycles. The predicted octanol–water partition coefficient (Wildman–Crippen LogP) is 1.23. The van der Waals surface area contributed by atoms with Crippen LogP contribution in [0.3, 0.4) is 0 Å². The zero-order valence-corrected chi connectivity index (χ0v) is 6.66. The van der Waals surface area contributed by atoms with Crippen molar-refractivity contribution in [2.24, 2.45) is 0 Å². The van der Waals surface area contributed by atoms with Crippen LogP contribution in [0.1, 0.15) is 5.69 Å². The fraction of sp³-hybridized carbons (Fsp3) is 0.111. The van der Waals surface area contributed by atoms with Crippen LogP contribution in [0.4, 0.5) is 0 Å². The quantitative estimate of drug-likeness (QED) is 0.630. The zero-order valence-electron chi connectivity index (χ0n) is 6.66. The van der Waals surface area contributed by atoms with Crippen molar-refractivity contribution in [1.82, 2.24) is 9.97 Å². The third kappa shape index (κ3) is 0.993. The normalized spacial score (nSPS) is 10.4. The molecule has 3 nitrogen and oxygen atoms in total. The Bertz CT molecular complexity index is 473.